The number of halogens is 1. The Kier molecular flexibility index (Phi) is 9.21. The maximum absolute atomic E-state index is 11.6. The molecule has 0 aliphatic heterocycles. The van der Waals surface area contributed by atoms with Gasteiger partial charge in [0.15, 0.2) is 0 Å². The zero-order valence-corrected chi connectivity index (χ0v) is 14.9. The predicted molar refractivity (Wildman–Crippen MR) is 92.8 cm³/mol. The van der Waals surface area contributed by atoms with Crippen LogP contribution in [0.2, 0.25) is 0 Å². The first kappa shape index (κ1) is 19.9. The Morgan fingerprint density at radius 1 is 1.48 bits per heavy atom. The van der Waals surface area contributed by atoms with E-state index in [1.807, 2.05) is 20.0 Å². The quantitative estimate of drug-likeness (QED) is 0.417. The molecule has 0 bridgehead atoms. The number of amidine groups is 1. The van der Waals surface area contributed by atoms with Gasteiger partial charge in [-0.15, -0.1) is 11.6 Å². The summed E-state index contributed by atoms with van der Waals surface area (Å²) >= 11 is 5.55. The Hall–Kier alpha value is -1.11. The van der Waals surface area contributed by atoms with E-state index in [9.17, 15) is 9.90 Å². The van der Waals surface area contributed by atoms with Gasteiger partial charge in [-0.05, 0) is 32.6 Å². The van der Waals surface area contributed by atoms with Gasteiger partial charge in [0.05, 0.1) is 12.7 Å². The van der Waals surface area contributed by atoms with E-state index in [4.69, 9.17) is 16.3 Å². The van der Waals surface area contributed by atoms with Gasteiger partial charge in [-0.3, -0.25) is 4.79 Å². The lowest BCUT2D eigenvalue weighted by Gasteiger charge is -2.37. The summed E-state index contributed by atoms with van der Waals surface area (Å²) in [5.41, 5.74) is 0. The number of carbonyl (C=O) groups is 1. The second kappa shape index (κ2) is 10.6. The molecule has 1 saturated carbocycles. The molecular formula is C16H28ClN3O3. The number of hydrogen-bond acceptors (Lipinski definition) is 4. The van der Waals surface area contributed by atoms with Crippen LogP contribution in [0.4, 0.5) is 0 Å². The Morgan fingerprint density at radius 2 is 2.13 bits per heavy atom. The Labute approximate surface area is 143 Å². The van der Waals surface area contributed by atoms with Crippen LogP contribution in [0.5, 0.6) is 0 Å². The first-order valence-corrected chi connectivity index (χ1v) is 8.51. The van der Waals surface area contributed by atoms with E-state index in [1.165, 1.54) is 0 Å². The van der Waals surface area contributed by atoms with Crippen LogP contribution >= 0.6 is 11.6 Å². The van der Waals surface area contributed by atoms with Crippen LogP contribution in [0.1, 0.15) is 32.6 Å². The molecule has 0 aromatic carbocycles. The van der Waals surface area contributed by atoms with E-state index in [2.05, 4.69) is 15.2 Å². The fourth-order valence-electron chi connectivity index (χ4n) is 2.86. The number of nitrogens with zero attached hydrogens (tertiary/aromatic N) is 2. The number of aliphatic hydroxyl groups excluding tert-OH is 1. The average molecular weight is 346 g/mol. The minimum atomic E-state index is -0.567. The fourth-order valence-corrected chi connectivity index (χ4v) is 2.93. The summed E-state index contributed by atoms with van der Waals surface area (Å²) < 4.78 is 5.41. The Balaban J connectivity index is 2.85. The second-order valence-corrected chi connectivity index (χ2v) is 5.95. The van der Waals surface area contributed by atoms with Crippen molar-refractivity contribution in [3.63, 3.8) is 0 Å². The Bertz CT molecular complexity index is 421. The summed E-state index contributed by atoms with van der Waals surface area (Å²) in [5.74, 6) is 0.177. The van der Waals surface area contributed by atoms with E-state index < -0.39 is 6.04 Å². The van der Waals surface area contributed by atoms with Crippen LogP contribution in [0.3, 0.4) is 0 Å². The first-order chi connectivity index (χ1) is 11.1. The molecule has 0 unspecified atom stereocenters. The van der Waals surface area contributed by atoms with E-state index in [0.29, 0.717) is 18.0 Å². The normalized spacial score (nSPS) is 23.8. The third kappa shape index (κ3) is 6.12. The number of carbonyl (C=O) groups excluding carboxylic acids is 1. The van der Waals surface area contributed by atoms with Gasteiger partial charge in [-0.25, -0.2) is 4.99 Å². The van der Waals surface area contributed by atoms with Gasteiger partial charge in [0.25, 0.3) is 0 Å². The molecule has 0 spiro atoms. The fraction of sp³-hybridized carbons (Fsp3) is 0.750. The molecule has 1 atom stereocenters. The molecule has 1 aliphatic carbocycles. The van der Waals surface area contributed by atoms with E-state index in [1.54, 1.807) is 13.3 Å². The van der Waals surface area contributed by atoms with Gasteiger partial charge in [0.1, 0.15) is 17.8 Å². The summed E-state index contributed by atoms with van der Waals surface area (Å²) in [6, 6.07) is -0.255. The van der Waals surface area contributed by atoms with Crippen molar-refractivity contribution in [2.75, 3.05) is 26.6 Å². The van der Waals surface area contributed by atoms with Crippen molar-refractivity contribution in [1.29, 1.82) is 0 Å². The van der Waals surface area contributed by atoms with Crippen molar-refractivity contribution >= 4 is 23.3 Å². The molecule has 1 amide bonds. The van der Waals surface area contributed by atoms with Gasteiger partial charge in [0, 0.05) is 26.4 Å². The molecule has 0 radical (unpaired) electrons. The van der Waals surface area contributed by atoms with Crippen molar-refractivity contribution in [3.05, 3.63) is 12.3 Å². The second-order valence-electron chi connectivity index (χ2n) is 5.68. The first-order valence-electron chi connectivity index (χ1n) is 7.98. The molecular weight excluding hydrogens is 318 g/mol. The number of aliphatic imine (C=N–C) groups is 1. The summed E-state index contributed by atoms with van der Waals surface area (Å²) in [7, 11) is 3.70. The number of allylic oxidation sites excluding steroid dienone is 1. The van der Waals surface area contributed by atoms with Crippen LogP contribution in [-0.2, 0) is 9.53 Å². The maximum Gasteiger partial charge on any atom is 0.235 e. The molecule has 2 N–H and O–H groups in total. The molecule has 132 valence electrons. The molecule has 1 fully saturated rings. The molecule has 0 aromatic rings. The lowest BCUT2D eigenvalue weighted by Crippen LogP contribution is -2.53. The summed E-state index contributed by atoms with van der Waals surface area (Å²) in [4.78, 5) is 18.1. The molecule has 0 heterocycles. The standard InChI is InChI=1S/C16H28ClN3O3/c1-4-9-18-16(14(11-21)19-15(22)10-17)20(2)12-5-7-13(23-3)8-6-12/h4,9,12-14,21H,5-8,10-11H2,1-3H3,(H,19,22)/b9-4+,18-16?/t12?,13?,14-/m1/s1. The van der Waals surface area contributed by atoms with Gasteiger partial charge in [-0.2, -0.15) is 0 Å². The van der Waals surface area contributed by atoms with Crippen molar-refractivity contribution < 1.29 is 14.6 Å². The van der Waals surface area contributed by atoms with Gasteiger partial charge in [-0.1, -0.05) is 6.08 Å². The highest BCUT2D eigenvalue weighted by Crippen LogP contribution is 2.24. The number of ether oxygens (including phenoxy) is 1. The summed E-state index contributed by atoms with van der Waals surface area (Å²) in [5, 5.41) is 12.4. The lowest BCUT2D eigenvalue weighted by atomic mass is 9.91. The molecule has 6 nitrogen and oxygen atoms in total. The number of alkyl halides is 1. The van der Waals surface area contributed by atoms with Crippen molar-refractivity contribution in [3.8, 4) is 0 Å². The molecule has 1 rings (SSSR count). The zero-order valence-electron chi connectivity index (χ0n) is 14.2. The van der Waals surface area contributed by atoms with Crippen molar-refractivity contribution in [2.24, 2.45) is 4.99 Å². The summed E-state index contributed by atoms with van der Waals surface area (Å²) in [6.45, 7) is 1.65. The maximum atomic E-state index is 11.6. The lowest BCUT2D eigenvalue weighted by molar-refractivity contribution is -0.119. The molecule has 7 heteroatoms. The molecule has 0 saturated heterocycles. The monoisotopic (exact) mass is 345 g/mol. The number of rotatable bonds is 7. The van der Waals surface area contributed by atoms with Crippen LogP contribution < -0.4 is 5.32 Å². The average Bonchev–Trinajstić information content (AvgIpc) is 2.60. The van der Waals surface area contributed by atoms with Gasteiger partial charge >= 0.3 is 0 Å². The third-order valence-electron chi connectivity index (χ3n) is 4.19. The highest BCUT2D eigenvalue weighted by Gasteiger charge is 2.29. The van der Waals surface area contributed by atoms with Crippen LogP contribution in [-0.4, -0.2) is 66.6 Å². The highest BCUT2D eigenvalue weighted by molar-refractivity contribution is 6.27. The van der Waals surface area contributed by atoms with Crippen LogP contribution in [0.25, 0.3) is 0 Å². The number of likely N-dealkylation sites (N-methyl/N-ethyl adjacent to an activating group) is 1. The minimum Gasteiger partial charge on any atom is -0.394 e. The summed E-state index contributed by atoms with van der Waals surface area (Å²) in [6.07, 6.45) is 7.78. The topological polar surface area (TPSA) is 74.2 Å². The molecule has 0 aromatic heterocycles. The van der Waals surface area contributed by atoms with Crippen molar-refractivity contribution in [1.82, 2.24) is 10.2 Å². The molecule has 1 aliphatic rings. The molecule has 23 heavy (non-hydrogen) atoms. The zero-order chi connectivity index (χ0) is 17.2. The predicted octanol–water partition coefficient (Wildman–Crippen LogP) is 1.52. The van der Waals surface area contributed by atoms with E-state index >= 15 is 0 Å². The SMILES string of the molecule is C/C=C/N=C([C@@H](CO)NC(=O)CCl)N(C)C1CCC(OC)CC1. The number of methoxy groups -OCH3 is 1. The van der Waals surface area contributed by atoms with Crippen LogP contribution in [0.15, 0.2) is 17.3 Å². The Morgan fingerprint density at radius 3 is 2.61 bits per heavy atom. The smallest absolute Gasteiger partial charge is 0.235 e. The van der Waals surface area contributed by atoms with E-state index in [0.717, 1.165) is 25.7 Å². The van der Waals surface area contributed by atoms with Crippen molar-refractivity contribution in [2.45, 2.75) is 50.8 Å². The number of hydrogen-bond donors (Lipinski definition) is 2. The van der Waals surface area contributed by atoms with E-state index in [-0.39, 0.29) is 18.4 Å². The largest absolute Gasteiger partial charge is 0.394 e. The van der Waals surface area contributed by atoms with Crippen LogP contribution in [0, 0.1) is 0 Å². The number of nitrogens with one attached hydrogen (secondary N) is 1. The minimum absolute atomic E-state index is 0.143. The highest BCUT2D eigenvalue weighted by atomic mass is 35.5. The van der Waals surface area contributed by atoms with Gasteiger partial charge < -0.3 is 20.1 Å². The third-order valence-corrected chi connectivity index (χ3v) is 4.44. The number of amides is 1. The van der Waals surface area contributed by atoms with Gasteiger partial charge in [0.2, 0.25) is 5.91 Å². The number of aliphatic hydroxyl groups is 1.